The third-order valence-electron chi connectivity index (χ3n) is 3.40. The zero-order valence-corrected chi connectivity index (χ0v) is 13.9. The van der Waals surface area contributed by atoms with Crippen molar-refractivity contribution in [2.24, 2.45) is 0 Å². The minimum atomic E-state index is -0.285. The fraction of sp³-hybridized carbons (Fsp3) is 0.188. The molecule has 5 heteroatoms. The van der Waals surface area contributed by atoms with Crippen LogP contribution < -0.4 is 0 Å². The summed E-state index contributed by atoms with van der Waals surface area (Å²) in [7, 11) is 0. The van der Waals surface area contributed by atoms with E-state index in [0.717, 1.165) is 26.8 Å². The summed E-state index contributed by atoms with van der Waals surface area (Å²) >= 11 is 9.72. The standard InChI is InChI=1S/C16H13BrClFN2/c1-9-7-11(17)3-6-14(9)21-15-8-12(19)4-5-13(15)20-16(21)10(2)18/h3-8,10H,1-2H3. The third kappa shape index (κ3) is 2.58. The van der Waals surface area contributed by atoms with Crippen molar-refractivity contribution in [3.63, 3.8) is 0 Å². The van der Waals surface area contributed by atoms with Crippen LogP contribution in [0.4, 0.5) is 4.39 Å². The number of aromatic nitrogens is 2. The summed E-state index contributed by atoms with van der Waals surface area (Å²) in [5.74, 6) is 0.426. The third-order valence-corrected chi connectivity index (χ3v) is 4.09. The molecule has 1 unspecified atom stereocenters. The van der Waals surface area contributed by atoms with Gasteiger partial charge in [-0.25, -0.2) is 9.37 Å². The summed E-state index contributed by atoms with van der Waals surface area (Å²) in [6.45, 7) is 3.87. The molecule has 0 amide bonds. The average Bonchev–Trinajstić information content (AvgIpc) is 2.77. The first-order chi connectivity index (χ1) is 9.97. The number of halogens is 3. The summed E-state index contributed by atoms with van der Waals surface area (Å²) in [6.07, 6.45) is 0. The van der Waals surface area contributed by atoms with Crippen LogP contribution in [-0.2, 0) is 0 Å². The van der Waals surface area contributed by atoms with Crippen molar-refractivity contribution in [3.05, 3.63) is 58.1 Å². The Labute approximate surface area is 135 Å². The Balaban J connectivity index is 2.38. The lowest BCUT2D eigenvalue weighted by Gasteiger charge is -2.13. The summed E-state index contributed by atoms with van der Waals surface area (Å²) in [6, 6.07) is 10.5. The first-order valence-corrected chi connectivity index (χ1v) is 7.79. The first-order valence-electron chi connectivity index (χ1n) is 6.56. The first kappa shape index (κ1) is 14.5. The minimum absolute atomic E-state index is 0.275. The monoisotopic (exact) mass is 366 g/mol. The molecule has 0 aliphatic heterocycles. The molecule has 108 valence electrons. The molecule has 0 saturated carbocycles. The molecule has 1 heterocycles. The van der Waals surface area contributed by atoms with Crippen molar-refractivity contribution in [2.45, 2.75) is 19.2 Å². The molecule has 2 aromatic carbocycles. The van der Waals surface area contributed by atoms with E-state index in [1.54, 1.807) is 6.07 Å². The minimum Gasteiger partial charge on any atom is -0.295 e. The van der Waals surface area contributed by atoms with Gasteiger partial charge in [0.1, 0.15) is 11.6 Å². The smallest absolute Gasteiger partial charge is 0.132 e. The van der Waals surface area contributed by atoms with Crippen LogP contribution in [-0.4, -0.2) is 9.55 Å². The van der Waals surface area contributed by atoms with Gasteiger partial charge >= 0.3 is 0 Å². The summed E-state index contributed by atoms with van der Waals surface area (Å²) < 4.78 is 16.6. The number of alkyl halides is 1. The summed E-state index contributed by atoms with van der Waals surface area (Å²) in [4.78, 5) is 4.55. The number of rotatable bonds is 2. The quantitative estimate of drug-likeness (QED) is 0.544. The number of aryl methyl sites for hydroxylation is 1. The number of nitrogens with zero attached hydrogens (tertiary/aromatic N) is 2. The molecule has 0 spiro atoms. The molecule has 2 nitrogen and oxygen atoms in total. The van der Waals surface area contributed by atoms with Crippen LogP contribution in [0, 0.1) is 12.7 Å². The van der Waals surface area contributed by atoms with Gasteiger partial charge in [-0.3, -0.25) is 4.57 Å². The van der Waals surface area contributed by atoms with Gasteiger partial charge in [-0.1, -0.05) is 15.9 Å². The molecule has 1 atom stereocenters. The largest absolute Gasteiger partial charge is 0.295 e. The Bertz CT molecular complexity index is 827. The molecule has 21 heavy (non-hydrogen) atoms. The van der Waals surface area contributed by atoms with E-state index >= 15 is 0 Å². The van der Waals surface area contributed by atoms with Gasteiger partial charge in [0.05, 0.1) is 22.1 Å². The molecule has 0 saturated heterocycles. The van der Waals surface area contributed by atoms with Crippen molar-refractivity contribution in [2.75, 3.05) is 0 Å². The maximum Gasteiger partial charge on any atom is 0.132 e. The van der Waals surface area contributed by atoms with E-state index < -0.39 is 0 Å². The van der Waals surface area contributed by atoms with E-state index in [4.69, 9.17) is 11.6 Å². The molecule has 0 aliphatic carbocycles. The molecule has 0 fully saturated rings. The molecule has 0 aliphatic rings. The second kappa shape index (κ2) is 5.43. The van der Waals surface area contributed by atoms with Crippen LogP contribution in [0.3, 0.4) is 0 Å². The molecule has 0 bridgehead atoms. The van der Waals surface area contributed by atoms with Gasteiger partial charge < -0.3 is 0 Å². The van der Waals surface area contributed by atoms with Crippen LogP contribution >= 0.6 is 27.5 Å². The van der Waals surface area contributed by atoms with E-state index in [0.29, 0.717) is 5.82 Å². The number of benzene rings is 2. The van der Waals surface area contributed by atoms with E-state index in [-0.39, 0.29) is 11.2 Å². The predicted octanol–water partition coefficient (Wildman–Crippen LogP) is 5.54. The maximum atomic E-state index is 13.6. The van der Waals surface area contributed by atoms with Crippen LogP contribution in [0.2, 0.25) is 0 Å². The van der Waals surface area contributed by atoms with E-state index in [9.17, 15) is 4.39 Å². The number of fused-ring (bicyclic) bond motifs is 1. The van der Waals surface area contributed by atoms with E-state index in [2.05, 4.69) is 20.9 Å². The van der Waals surface area contributed by atoms with Gasteiger partial charge in [0, 0.05) is 10.5 Å². The lowest BCUT2D eigenvalue weighted by atomic mass is 10.2. The highest BCUT2D eigenvalue weighted by Gasteiger charge is 2.18. The molecule has 0 radical (unpaired) electrons. The lowest BCUT2D eigenvalue weighted by molar-refractivity contribution is 0.629. The van der Waals surface area contributed by atoms with Crippen molar-refractivity contribution in [1.82, 2.24) is 9.55 Å². The van der Waals surface area contributed by atoms with Gasteiger partial charge in [-0.15, -0.1) is 11.6 Å². The van der Waals surface area contributed by atoms with E-state index in [1.807, 2.05) is 36.6 Å². The zero-order valence-electron chi connectivity index (χ0n) is 11.6. The SMILES string of the molecule is Cc1cc(Br)ccc1-n1c(C(C)Cl)nc2ccc(F)cc21. The molecular formula is C16H13BrClFN2. The highest BCUT2D eigenvalue weighted by Crippen LogP contribution is 2.30. The second-order valence-electron chi connectivity index (χ2n) is 4.99. The fourth-order valence-electron chi connectivity index (χ4n) is 2.46. The van der Waals surface area contributed by atoms with Crippen LogP contribution in [0.1, 0.15) is 23.7 Å². The van der Waals surface area contributed by atoms with Crippen LogP contribution in [0.5, 0.6) is 0 Å². The zero-order chi connectivity index (χ0) is 15.1. The summed E-state index contributed by atoms with van der Waals surface area (Å²) in [5.41, 5.74) is 3.48. The highest BCUT2D eigenvalue weighted by molar-refractivity contribution is 9.10. The number of hydrogen-bond donors (Lipinski definition) is 0. The van der Waals surface area contributed by atoms with Gasteiger partial charge in [-0.2, -0.15) is 0 Å². The molecular weight excluding hydrogens is 355 g/mol. The topological polar surface area (TPSA) is 17.8 Å². The van der Waals surface area contributed by atoms with E-state index in [1.165, 1.54) is 12.1 Å². The Morgan fingerprint density at radius 3 is 2.67 bits per heavy atom. The average molecular weight is 368 g/mol. The Morgan fingerprint density at radius 1 is 1.24 bits per heavy atom. The molecule has 3 rings (SSSR count). The molecule has 0 N–H and O–H groups in total. The number of imidazole rings is 1. The van der Waals surface area contributed by atoms with Gasteiger partial charge in [-0.05, 0) is 49.7 Å². The number of hydrogen-bond acceptors (Lipinski definition) is 1. The summed E-state index contributed by atoms with van der Waals surface area (Å²) in [5, 5.41) is -0.275. The Morgan fingerprint density at radius 2 is 2.00 bits per heavy atom. The second-order valence-corrected chi connectivity index (χ2v) is 6.56. The van der Waals surface area contributed by atoms with Gasteiger partial charge in [0.2, 0.25) is 0 Å². The van der Waals surface area contributed by atoms with Crippen molar-refractivity contribution >= 4 is 38.6 Å². The van der Waals surface area contributed by atoms with Crippen molar-refractivity contribution in [3.8, 4) is 5.69 Å². The Hall–Kier alpha value is -1.39. The lowest BCUT2D eigenvalue weighted by Crippen LogP contribution is -2.03. The maximum absolute atomic E-state index is 13.6. The molecule has 1 aromatic heterocycles. The predicted molar refractivity (Wildman–Crippen MR) is 87.7 cm³/mol. The van der Waals surface area contributed by atoms with Crippen LogP contribution in [0.25, 0.3) is 16.7 Å². The van der Waals surface area contributed by atoms with Gasteiger partial charge in [0.25, 0.3) is 0 Å². The van der Waals surface area contributed by atoms with Crippen molar-refractivity contribution < 1.29 is 4.39 Å². The molecule has 3 aromatic rings. The normalized spacial score (nSPS) is 12.8. The highest BCUT2D eigenvalue weighted by atomic mass is 79.9. The van der Waals surface area contributed by atoms with Crippen molar-refractivity contribution in [1.29, 1.82) is 0 Å². The Kier molecular flexibility index (Phi) is 3.76. The fourth-order valence-corrected chi connectivity index (χ4v) is 3.08. The van der Waals surface area contributed by atoms with Gasteiger partial charge in [0.15, 0.2) is 0 Å². The van der Waals surface area contributed by atoms with Crippen LogP contribution in [0.15, 0.2) is 40.9 Å².